The normalized spacial score (nSPS) is 25.1. The molecule has 0 bridgehead atoms. The van der Waals surface area contributed by atoms with E-state index in [1.54, 1.807) is 0 Å². The summed E-state index contributed by atoms with van der Waals surface area (Å²) in [6.45, 7) is 12.0. The molecule has 1 aliphatic carbocycles. The van der Waals surface area contributed by atoms with Gasteiger partial charge in [0.1, 0.15) is 5.82 Å². The number of pyridine rings is 1. The minimum atomic E-state index is -4.38. The van der Waals surface area contributed by atoms with Crippen LogP contribution in [0.4, 0.5) is 19.0 Å². The molecule has 1 saturated heterocycles. The second kappa shape index (κ2) is 8.96. The van der Waals surface area contributed by atoms with E-state index < -0.39 is 11.7 Å². The maximum Gasteiger partial charge on any atom is 0.417 e. The standard InChI is InChI=1S/C23H35F3N4O/c1-14(2)28-19(10-22(3,4)5)21(31)29-18-8-6-15-12-30(13-17(15)18)20-9-7-16(11-27-20)23(24,25)26/h7,9,11,14-15,17-19,28H,6,8,10,12-13H2,1-5H3,(H,29,31)/t15-,17+,18+,19+/m1/s1. The highest BCUT2D eigenvalue weighted by Crippen LogP contribution is 2.40. The van der Waals surface area contributed by atoms with Gasteiger partial charge in [-0.15, -0.1) is 0 Å². The summed E-state index contributed by atoms with van der Waals surface area (Å²) in [5.74, 6) is 1.33. The number of aromatic nitrogens is 1. The van der Waals surface area contributed by atoms with E-state index in [-0.39, 0.29) is 29.4 Å². The third kappa shape index (κ3) is 6.11. The molecule has 0 unspecified atom stereocenters. The van der Waals surface area contributed by atoms with Crippen LogP contribution in [0.2, 0.25) is 0 Å². The number of nitrogens with zero attached hydrogens (tertiary/aromatic N) is 2. The average Bonchev–Trinajstić information content (AvgIpc) is 3.21. The summed E-state index contributed by atoms with van der Waals surface area (Å²) in [5.41, 5.74) is -0.705. The van der Waals surface area contributed by atoms with Gasteiger partial charge in [0.05, 0.1) is 11.6 Å². The van der Waals surface area contributed by atoms with Gasteiger partial charge in [-0.1, -0.05) is 34.6 Å². The number of carbonyl (C=O) groups excluding carboxylic acids is 1. The number of rotatable bonds is 6. The second-order valence-corrected chi connectivity index (χ2v) is 10.6. The molecule has 1 aliphatic heterocycles. The van der Waals surface area contributed by atoms with Crippen molar-refractivity contribution in [1.82, 2.24) is 15.6 Å². The van der Waals surface area contributed by atoms with Gasteiger partial charge in [-0.3, -0.25) is 4.79 Å². The molecule has 174 valence electrons. The van der Waals surface area contributed by atoms with Gasteiger partial charge in [0.15, 0.2) is 0 Å². The Morgan fingerprint density at radius 1 is 1.19 bits per heavy atom. The summed E-state index contributed by atoms with van der Waals surface area (Å²) in [6, 6.07) is 2.59. The van der Waals surface area contributed by atoms with E-state index in [1.165, 1.54) is 6.07 Å². The molecule has 1 saturated carbocycles. The van der Waals surface area contributed by atoms with Gasteiger partial charge >= 0.3 is 6.18 Å². The maximum absolute atomic E-state index is 13.1. The van der Waals surface area contributed by atoms with Crippen LogP contribution in [0.3, 0.4) is 0 Å². The van der Waals surface area contributed by atoms with Crippen LogP contribution in [0, 0.1) is 17.3 Å². The Morgan fingerprint density at radius 2 is 1.90 bits per heavy atom. The SMILES string of the molecule is CC(C)N[C@@H](CC(C)(C)C)C(=O)N[C@H]1CC[C@@H]2CN(c3ccc(C(F)(F)F)cn3)C[C@@H]21. The molecule has 1 amide bonds. The van der Waals surface area contributed by atoms with Gasteiger partial charge in [-0.05, 0) is 42.7 Å². The zero-order chi connectivity index (χ0) is 23.0. The van der Waals surface area contributed by atoms with Crippen molar-refractivity contribution in [3.05, 3.63) is 23.9 Å². The molecule has 0 spiro atoms. The van der Waals surface area contributed by atoms with Crippen LogP contribution in [0.15, 0.2) is 18.3 Å². The molecule has 0 aromatic carbocycles. The third-order valence-electron chi connectivity index (χ3n) is 6.25. The molecule has 8 heteroatoms. The highest BCUT2D eigenvalue weighted by Gasteiger charge is 2.44. The van der Waals surface area contributed by atoms with Crippen molar-refractivity contribution in [2.24, 2.45) is 17.3 Å². The number of hydrogen-bond acceptors (Lipinski definition) is 4. The highest BCUT2D eigenvalue weighted by atomic mass is 19.4. The van der Waals surface area contributed by atoms with E-state index in [0.29, 0.717) is 24.2 Å². The fraction of sp³-hybridized carbons (Fsp3) is 0.739. The molecule has 2 heterocycles. The number of carbonyl (C=O) groups is 1. The van der Waals surface area contributed by atoms with Crippen molar-refractivity contribution < 1.29 is 18.0 Å². The number of anilines is 1. The topological polar surface area (TPSA) is 57.3 Å². The maximum atomic E-state index is 13.1. The Kier molecular flexibility index (Phi) is 6.89. The van der Waals surface area contributed by atoms with Crippen LogP contribution in [0.1, 0.15) is 59.4 Å². The first-order chi connectivity index (χ1) is 14.3. The molecule has 31 heavy (non-hydrogen) atoms. The summed E-state index contributed by atoms with van der Waals surface area (Å²) in [5, 5.41) is 6.68. The highest BCUT2D eigenvalue weighted by molar-refractivity contribution is 5.82. The minimum absolute atomic E-state index is 0.0283. The molecule has 2 fully saturated rings. The van der Waals surface area contributed by atoms with Crippen molar-refractivity contribution in [3.63, 3.8) is 0 Å². The van der Waals surface area contributed by atoms with Crippen LogP contribution in [-0.4, -0.2) is 42.1 Å². The lowest BCUT2D eigenvalue weighted by atomic mass is 9.87. The molecule has 0 radical (unpaired) electrons. The van der Waals surface area contributed by atoms with Crippen molar-refractivity contribution in [3.8, 4) is 0 Å². The van der Waals surface area contributed by atoms with E-state index >= 15 is 0 Å². The first-order valence-corrected chi connectivity index (χ1v) is 11.2. The predicted molar refractivity (Wildman–Crippen MR) is 116 cm³/mol. The van der Waals surface area contributed by atoms with Crippen molar-refractivity contribution in [2.45, 2.75) is 78.2 Å². The molecule has 1 aromatic rings. The number of hydrogen-bond donors (Lipinski definition) is 2. The quantitative estimate of drug-likeness (QED) is 0.695. The molecule has 1 aromatic heterocycles. The van der Waals surface area contributed by atoms with Crippen molar-refractivity contribution in [2.75, 3.05) is 18.0 Å². The predicted octanol–water partition coefficient (Wildman–Crippen LogP) is 4.23. The third-order valence-corrected chi connectivity index (χ3v) is 6.25. The molecule has 2 N–H and O–H groups in total. The fourth-order valence-electron chi connectivity index (χ4n) is 4.90. The smallest absolute Gasteiger partial charge is 0.356 e. The van der Waals surface area contributed by atoms with Crippen LogP contribution in [-0.2, 0) is 11.0 Å². The molecule has 5 nitrogen and oxygen atoms in total. The van der Waals surface area contributed by atoms with Gasteiger partial charge in [0, 0.05) is 37.3 Å². The summed E-state index contributed by atoms with van der Waals surface area (Å²) in [4.78, 5) is 19.2. The first kappa shape index (κ1) is 23.8. The Hall–Kier alpha value is -1.83. The van der Waals surface area contributed by atoms with E-state index in [0.717, 1.165) is 38.1 Å². The van der Waals surface area contributed by atoms with Crippen molar-refractivity contribution in [1.29, 1.82) is 0 Å². The van der Waals surface area contributed by atoms with Gasteiger partial charge in [-0.2, -0.15) is 13.2 Å². The van der Waals surface area contributed by atoms with Gasteiger partial charge < -0.3 is 15.5 Å². The van der Waals surface area contributed by atoms with Gasteiger partial charge in [0.2, 0.25) is 5.91 Å². The zero-order valence-corrected chi connectivity index (χ0v) is 19.1. The zero-order valence-electron chi connectivity index (χ0n) is 19.1. The van der Waals surface area contributed by atoms with Gasteiger partial charge in [0.25, 0.3) is 0 Å². The van der Waals surface area contributed by atoms with Crippen molar-refractivity contribution >= 4 is 11.7 Å². The number of halogens is 3. The molecule has 4 atom stereocenters. The fourth-order valence-corrected chi connectivity index (χ4v) is 4.90. The Morgan fingerprint density at radius 3 is 2.45 bits per heavy atom. The lowest BCUT2D eigenvalue weighted by Crippen LogP contribution is -2.52. The molecular formula is C23H35F3N4O. The number of amides is 1. The number of fused-ring (bicyclic) bond motifs is 1. The second-order valence-electron chi connectivity index (χ2n) is 10.6. The van der Waals surface area contributed by atoms with Gasteiger partial charge in [-0.25, -0.2) is 4.98 Å². The molecule has 2 aliphatic rings. The lowest BCUT2D eigenvalue weighted by Gasteiger charge is -2.30. The minimum Gasteiger partial charge on any atom is -0.356 e. The summed E-state index contributed by atoms with van der Waals surface area (Å²) in [7, 11) is 0. The van der Waals surface area contributed by atoms with E-state index in [1.807, 2.05) is 18.7 Å². The summed E-state index contributed by atoms with van der Waals surface area (Å²) < 4.78 is 38.4. The summed E-state index contributed by atoms with van der Waals surface area (Å²) in [6.07, 6.45) is -0.777. The number of nitrogens with one attached hydrogen (secondary N) is 2. The molecular weight excluding hydrogens is 405 g/mol. The van der Waals surface area contributed by atoms with Crippen LogP contribution >= 0.6 is 0 Å². The molecule has 3 rings (SSSR count). The monoisotopic (exact) mass is 440 g/mol. The first-order valence-electron chi connectivity index (χ1n) is 11.2. The lowest BCUT2D eigenvalue weighted by molar-refractivity contribution is -0.137. The Balaban J connectivity index is 1.63. The van der Waals surface area contributed by atoms with Crippen LogP contribution < -0.4 is 15.5 Å². The van der Waals surface area contributed by atoms with E-state index in [9.17, 15) is 18.0 Å². The number of alkyl halides is 3. The summed E-state index contributed by atoms with van der Waals surface area (Å²) >= 11 is 0. The largest absolute Gasteiger partial charge is 0.417 e. The Bertz CT molecular complexity index is 758. The van der Waals surface area contributed by atoms with E-state index in [2.05, 4.69) is 36.4 Å². The average molecular weight is 441 g/mol. The van der Waals surface area contributed by atoms with E-state index in [4.69, 9.17) is 0 Å². The Labute approximate surface area is 183 Å². The van der Waals surface area contributed by atoms with Crippen LogP contribution in [0.25, 0.3) is 0 Å². The van der Waals surface area contributed by atoms with Crippen LogP contribution in [0.5, 0.6) is 0 Å².